The van der Waals surface area contributed by atoms with Crippen molar-refractivity contribution in [2.75, 3.05) is 6.61 Å². The SMILES string of the molecule is CCOC(=O)c1ccc(Oc2c(C(F)(F)F)oc3cc(OCc4ccc(F)cc4Cl)ccc3c2=O)cc1. The highest BCUT2D eigenvalue weighted by molar-refractivity contribution is 6.31. The largest absolute Gasteiger partial charge is 0.489 e. The second kappa shape index (κ2) is 10.5. The zero-order chi connectivity index (χ0) is 26.7. The lowest BCUT2D eigenvalue weighted by Crippen LogP contribution is -2.15. The molecule has 0 radical (unpaired) electrons. The second-order valence-corrected chi connectivity index (χ2v) is 8.02. The summed E-state index contributed by atoms with van der Waals surface area (Å²) in [4.78, 5) is 24.8. The maximum Gasteiger partial charge on any atom is 0.453 e. The number of hydrogen-bond donors (Lipinski definition) is 0. The molecule has 11 heteroatoms. The molecule has 0 aliphatic heterocycles. The Morgan fingerprint density at radius 2 is 1.70 bits per heavy atom. The van der Waals surface area contributed by atoms with Crippen molar-refractivity contribution in [2.24, 2.45) is 0 Å². The van der Waals surface area contributed by atoms with E-state index in [1.165, 1.54) is 48.5 Å². The maximum atomic E-state index is 13.8. The zero-order valence-corrected chi connectivity index (χ0v) is 19.8. The summed E-state index contributed by atoms with van der Waals surface area (Å²) >= 11 is 5.96. The Hall–Kier alpha value is -4.05. The summed E-state index contributed by atoms with van der Waals surface area (Å²) in [6.07, 6.45) is -5.06. The average Bonchev–Trinajstić information content (AvgIpc) is 2.85. The number of carbonyl (C=O) groups excluding carboxylic acids is 1. The van der Waals surface area contributed by atoms with Crippen LogP contribution in [0.3, 0.4) is 0 Å². The first-order chi connectivity index (χ1) is 17.6. The van der Waals surface area contributed by atoms with Crippen molar-refractivity contribution >= 4 is 28.5 Å². The highest BCUT2D eigenvalue weighted by Gasteiger charge is 2.40. The van der Waals surface area contributed by atoms with Gasteiger partial charge in [-0.05, 0) is 55.5 Å². The number of rotatable bonds is 7. The minimum Gasteiger partial charge on any atom is -0.489 e. The van der Waals surface area contributed by atoms with Crippen LogP contribution in [-0.4, -0.2) is 12.6 Å². The number of alkyl halides is 3. The fourth-order valence-electron chi connectivity index (χ4n) is 3.32. The average molecular weight is 537 g/mol. The molecule has 3 aromatic carbocycles. The molecule has 0 aliphatic carbocycles. The molecule has 0 N–H and O–H groups in total. The maximum absolute atomic E-state index is 13.8. The molecule has 1 heterocycles. The van der Waals surface area contributed by atoms with Gasteiger partial charge >= 0.3 is 12.1 Å². The molecular formula is C26H17ClF4O6. The molecule has 0 atom stereocenters. The van der Waals surface area contributed by atoms with E-state index in [-0.39, 0.29) is 46.3 Å². The first kappa shape index (κ1) is 26.0. The molecule has 192 valence electrons. The Kier molecular flexibility index (Phi) is 7.40. The van der Waals surface area contributed by atoms with Crippen molar-refractivity contribution in [3.63, 3.8) is 0 Å². The molecule has 0 unspecified atom stereocenters. The monoisotopic (exact) mass is 536 g/mol. The minimum atomic E-state index is -5.06. The molecule has 1 aromatic heterocycles. The molecule has 0 saturated carbocycles. The number of hydrogen-bond acceptors (Lipinski definition) is 6. The van der Waals surface area contributed by atoms with Crippen LogP contribution in [0.1, 0.15) is 28.6 Å². The lowest BCUT2D eigenvalue weighted by Gasteiger charge is -2.14. The van der Waals surface area contributed by atoms with Gasteiger partial charge in [-0.2, -0.15) is 13.2 Å². The van der Waals surface area contributed by atoms with Gasteiger partial charge in [-0.1, -0.05) is 17.7 Å². The van der Waals surface area contributed by atoms with Crippen LogP contribution < -0.4 is 14.9 Å². The standard InChI is InChI=1S/C26H17ClF4O6/c1-2-34-25(33)14-4-7-17(8-5-14)36-23-22(32)19-10-9-18(12-21(19)37-24(23)26(29,30)31)35-13-15-3-6-16(28)11-20(15)27/h3-12H,2,13H2,1H3. The first-order valence-electron chi connectivity index (χ1n) is 10.8. The molecular weight excluding hydrogens is 520 g/mol. The van der Waals surface area contributed by atoms with Gasteiger partial charge < -0.3 is 18.6 Å². The number of esters is 1. The third-order valence-electron chi connectivity index (χ3n) is 5.07. The van der Waals surface area contributed by atoms with Gasteiger partial charge in [0.25, 0.3) is 5.76 Å². The lowest BCUT2D eigenvalue weighted by atomic mass is 10.2. The molecule has 0 spiro atoms. The second-order valence-electron chi connectivity index (χ2n) is 7.62. The summed E-state index contributed by atoms with van der Waals surface area (Å²) in [6, 6.07) is 12.5. The summed E-state index contributed by atoms with van der Waals surface area (Å²) in [5.41, 5.74) is -0.843. The van der Waals surface area contributed by atoms with Crippen molar-refractivity contribution in [3.8, 4) is 17.2 Å². The molecule has 0 aliphatic rings. The predicted molar refractivity (Wildman–Crippen MR) is 126 cm³/mol. The Bertz CT molecular complexity index is 1510. The summed E-state index contributed by atoms with van der Waals surface area (Å²) in [5, 5.41) is -0.0675. The molecule has 0 fully saturated rings. The van der Waals surface area contributed by atoms with Crippen LogP contribution in [0, 0.1) is 5.82 Å². The Labute approximate surface area is 211 Å². The van der Waals surface area contributed by atoms with Gasteiger partial charge in [0, 0.05) is 11.6 Å². The van der Waals surface area contributed by atoms with Crippen LogP contribution in [0.4, 0.5) is 17.6 Å². The van der Waals surface area contributed by atoms with Crippen molar-refractivity contribution in [3.05, 3.63) is 98.6 Å². The predicted octanol–water partition coefficient (Wildman–Crippen LogP) is 7.15. The molecule has 6 nitrogen and oxygen atoms in total. The first-order valence-corrected chi connectivity index (χ1v) is 11.1. The van der Waals surface area contributed by atoms with Gasteiger partial charge in [-0.25, -0.2) is 9.18 Å². The molecule has 4 rings (SSSR count). The normalized spacial score (nSPS) is 11.4. The number of halogens is 5. The van der Waals surface area contributed by atoms with Crippen molar-refractivity contribution in [2.45, 2.75) is 19.7 Å². The van der Waals surface area contributed by atoms with E-state index < -0.39 is 34.9 Å². The summed E-state index contributed by atoms with van der Waals surface area (Å²) in [7, 11) is 0. The molecule has 0 amide bonds. The fraction of sp³-hybridized carbons (Fsp3) is 0.154. The van der Waals surface area contributed by atoms with Crippen molar-refractivity contribution in [1.82, 2.24) is 0 Å². The van der Waals surface area contributed by atoms with Gasteiger partial charge in [0.05, 0.1) is 22.6 Å². The van der Waals surface area contributed by atoms with E-state index in [1.807, 2.05) is 0 Å². The van der Waals surface area contributed by atoms with Crippen LogP contribution in [-0.2, 0) is 17.5 Å². The van der Waals surface area contributed by atoms with Crippen LogP contribution in [0.5, 0.6) is 17.2 Å². The van der Waals surface area contributed by atoms with E-state index in [1.54, 1.807) is 6.92 Å². The van der Waals surface area contributed by atoms with Crippen molar-refractivity contribution < 1.29 is 41.0 Å². The minimum absolute atomic E-state index is 0.0902. The Morgan fingerprint density at radius 1 is 1.00 bits per heavy atom. The number of ether oxygens (including phenoxy) is 3. The van der Waals surface area contributed by atoms with E-state index >= 15 is 0 Å². The fourth-order valence-corrected chi connectivity index (χ4v) is 3.54. The lowest BCUT2D eigenvalue weighted by molar-refractivity contribution is -0.154. The van der Waals surface area contributed by atoms with Crippen LogP contribution >= 0.6 is 11.6 Å². The van der Waals surface area contributed by atoms with Crippen LogP contribution in [0.2, 0.25) is 5.02 Å². The van der Waals surface area contributed by atoms with E-state index in [0.29, 0.717) is 5.56 Å². The summed E-state index contributed by atoms with van der Waals surface area (Å²) in [5.74, 6) is -3.88. The zero-order valence-electron chi connectivity index (χ0n) is 19.0. The van der Waals surface area contributed by atoms with Crippen LogP contribution in [0.25, 0.3) is 11.0 Å². The summed E-state index contributed by atoms with van der Waals surface area (Å²) in [6.45, 7) is 1.67. The number of benzene rings is 3. The third-order valence-corrected chi connectivity index (χ3v) is 5.43. The van der Waals surface area contributed by atoms with Crippen LogP contribution in [0.15, 0.2) is 69.9 Å². The number of carbonyl (C=O) groups is 1. The third kappa shape index (κ3) is 5.86. The molecule has 0 saturated heterocycles. The van der Waals surface area contributed by atoms with E-state index in [9.17, 15) is 27.2 Å². The topological polar surface area (TPSA) is 75.0 Å². The highest BCUT2D eigenvalue weighted by Crippen LogP contribution is 2.38. The molecule has 4 aromatic rings. The van der Waals surface area contributed by atoms with E-state index in [2.05, 4.69) is 0 Å². The van der Waals surface area contributed by atoms with E-state index in [4.69, 9.17) is 30.2 Å². The Balaban J connectivity index is 1.66. The molecule has 0 bridgehead atoms. The van der Waals surface area contributed by atoms with Gasteiger partial charge in [0.2, 0.25) is 11.2 Å². The van der Waals surface area contributed by atoms with Gasteiger partial charge in [0.1, 0.15) is 29.5 Å². The smallest absolute Gasteiger partial charge is 0.453 e. The van der Waals surface area contributed by atoms with Crippen molar-refractivity contribution in [1.29, 1.82) is 0 Å². The van der Waals surface area contributed by atoms with Gasteiger partial charge in [-0.3, -0.25) is 4.79 Å². The molecule has 37 heavy (non-hydrogen) atoms. The van der Waals surface area contributed by atoms with Gasteiger partial charge in [-0.15, -0.1) is 0 Å². The van der Waals surface area contributed by atoms with Gasteiger partial charge in [0.15, 0.2) is 0 Å². The quantitative estimate of drug-likeness (QED) is 0.184. The number of fused-ring (bicyclic) bond motifs is 1. The highest BCUT2D eigenvalue weighted by atomic mass is 35.5. The summed E-state index contributed by atoms with van der Waals surface area (Å²) < 4.78 is 75.4. The Morgan fingerprint density at radius 3 is 2.35 bits per heavy atom. The van der Waals surface area contributed by atoms with E-state index in [0.717, 1.165) is 12.1 Å².